The van der Waals surface area contributed by atoms with Crippen LogP contribution in [-0.2, 0) is 11.3 Å². The quantitative estimate of drug-likeness (QED) is 0.832. The summed E-state index contributed by atoms with van der Waals surface area (Å²) in [5, 5.41) is 9.82. The number of aliphatic carboxylic acids is 1. The molecule has 0 atom stereocenters. The summed E-state index contributed by atoms with van der Waals surface area (Å²) in [4.78, 5) is 10.5. The monoisotopic (exact) mass is 203 g/mol. The van der Waals surface area contributed by atoms with Crippen LogP contribution < -0.4 is 0 Å². The standard InChI is InChI=1S/C12H13NO2/c1-9-3-2-4-11-10(9)5-7-13(11)8-6-12(14)15/h2-5,7H,6,8H2,1H3,(H,14,15). The zero-order valence-electron chi connectivity index (χ0n) is 8.60. The van der Waals surface area contributed by atoms with E-state index < -0.39 is 5.97 Å². The van der Waals surface area contributed by atoms with Crippen LogP contribution in [0.5, 0.6) is 0 Å². The molecule has 0 aliphatic heterocycles. The van der Waals surface area contributed by atoms with Crippen molar-refractivity contribution in [1.82, 2.24) is 4.57 Å². The molecule has 1 N–H and O–H groups in total. The van der Waals surface area contributed by atoms with Gasteiger partial charge in [0.25, 0.3) is 0 Å². The third-order valence-electron chi connectivity index (χ3n) is 2.60. The third-order valence-corrected chi connectivity index (χ3v) is 2.60. The molecule has 0 aliphatic carbocycles. The van der Waals surface area contributed by atoms with Crippen molar-refractivity contribution < 1.29 is 9.90 Å². The number of aryl methyl sites for hydroxylation is 2. The van der Waals surface area contributed by atoms with Crippen LogP contribution in [0.2, 0.25) is 0 Å². The van der Waals surface area contributed by atoms with Crippen LogP contribution in [0.4, 0.5) is 0 Å². The maximum Gasteiger partial charge on any atom is 0.305 e. The molecule has 0 amide bonds. The number of hydrogen-bond donors (Lipinski definition) is 1. The maximum absolute atomic E-state index is 10.5. The summed E-state index contributed by atoms with van der Waals surface area (Å²) in [7, 11) is 0. The van der Waals surface area contributed by atoms with Gasteiger partial charge in [-0.05, 0) is 24.6 Å². The predicted octanol–water partition coefficient (Wildman–Crippen LogP) is 2.42. The SMILES string of the molecule is Cc1cccc2c1ccn2CCC(=O)O. The second kappa shape index (κ2) is 3.77. The second-order valence-corrected chi connectivity index (χ2v) is 3.66. The molecule has 15 heavy (non-hydrogen) atoms. The Balaban J connectivity index is 2.37. The predicted molar refractivity (Wildman–Crippen MR) is 58.9 cm³/mol. The molecule has 0 saturated carbocycles. The summed E-state index contributed by atoms with van der Waals surface area (Å²) in [6.45, 7) is 2.59. The lowest BCUT2D eigenvalue weighted by molar-refractivity contribution is -0.137. The number of carbonyl (C=O) groups is 1. The molecule has 0 radical (unpaired) electrons. The number of aromatic nitrogens is 1. The van der Waals surface area contributed by atoms with E-state index in [1.165, 1.54) is 10.9 Å². The molecule has 3 heteroatoms. The van der Waals surface area contributed by atoms with Crippen molar-refractivity contribution in [3.05, 3.63) is 36.0 Å². The van der Waals surface area contributed by atoms with Gasteiger partial charge in [0, 0.05) is 23.6 Å². The largest absolute Gasteiger partial charge is 0.481 e. The number of carboxylic acid groups (broad SMARTS) is 1. The minimum Gasteiger partial charge on any atom is -0.481 e. The number of fused-ring (bicyclic) bond motifs is 1. The lowest BCUT2D eigenvalue weighted by Gasteiger charge is -2.03. The van der Waals surface area contributed by atoms with Crippen molar-refractivity contribution >= 4 is 16.9 Å². The second-order valence-electron chi connectivity index (χ2n) is 3.66. The highest BCUT2D eigenvalue weighted by molar-refractivity contribution is 5.83. The average molecular weight is 203 g/mol. The van der Waals surface area contributed by atoms with Gasteiger partial charge in [-0.3, -0.25) is 4.79 Å². The number of carboxylic acids is 1. The fourth-order valence-corrected chi connectivity index (χ4v) is 1.79. The average Bonchev–Trinajstić information content (AvgIpc) is 2.59. The first kappa shape index (κ1) is 9.77. The molecular formula is C12H13NO2. The summed E-state index contributed by atoms with van der Waals surface area (Å²) < 4.78 is 1.98. The Morgan fingerprint density at radius 1 is 1.40 bits per heavy atom. The molecule has 0 aliphatic rings. The van der Waals surface area contributed by atoms with E-state index in [0.717, 1.165) is 5.52 Å². The number of nitrogens with zero attached hydrogens (tertiary/aromatic N) is 1. The summed E-state index contributed by atoms with van der Waals surface area (Å²) >= 11 is 0. The molecule has 1 heterocycles. The lowest BCUT2D eigenvalue weighted by atomic mass is 10.1. The van der Waals surface area contributed by atoms with E-state index in [1.54, 1.807) is 0 Å². The van der Waals surface area contributed by atoms with Crippen LogP contribution in [0.25, 0.3) is 10.9 Å². The molecule has 1 aromatic heterocycles. The van der Waals surface area contributed by atoms with Gasteiger partial charge in [-0.15, -0.1) is 0 Å². The van der Waals surface area contributed by atoms with E-state index in [2.05, 4.69) is 13.0 Å². The molecule has 2 aromatic rings. The van der Waals surface area contributed by atoms with E-state index in [1.807, 2.05) is 29.0 Å². The maximum atomic E-state index is 10.5. The van der Waals surface area contributed by atoms with Gasteiger partial charge in [0.15, 0.2) is 0 Å². The topological polar surface area (TPSA) is 42.2 Å². The van der Waals surface area contributed by atoms with Crippen LogP contribution in [0.15, 0.2) is 30.5 Å². The smallest absolute Gasteiger partial charge is 0.305 e. The van der Waals surface area contributed by atoms with Crippen molar-refractivity contribution in [3.63, 3.8) is 0 Å². The number of rotatable bonds is 3. The van der Waals surface area contributed by atoms with Gasteiger partial charge in [0.2, 0.25) is 0 Å². The van der Waals surface area contributed by atoms with Crippen LogP contribution in [-0.4, -0.2) is 15.6 Å². The fraction of sp³-hybridized carbons (Fsp3) is 0.250. The molecular weight excluding hydrogens is 190 g/mol. The third kappa shape index (κ3) is 1.86. The van der Waals surface area contributed by atoms with Crippen LogP contribution in [0.1, 0.15) is 12.0 Å². The lowest BCUT2D eigenvalue weighted by Crippen LogP contribution is -2.03. The molecule has 1 aromatic carbocycles. The molecule has 2 rings (SSSR count). The number of hydrogen-bond acceptors (Lipinski definition) is 1. The Labute approximate surface area is 87.9 Å². The summed E-state index contributed by atoms with van der Waals surface area (Å²) in [5.74, 6) is -0.760. The minimum absolute atomic E-state index is 0.164. The fourth-order valence-electron chi connectivity index (χ4n) is 1.79. The minimum atomic E-state index is -0.760. The van der Waals surface area contributed by atoms with Crippen LogP contribution >= 0.6 is 0 Å². The molecule has 78 valence electrons. The Kier molecular flexibility index (Phi) is 2.46. The molecule has 3 nitrogen and oxygen atoms in total. The molecule has 0 saturated heterocycles. The van der Waals surface area contributed by atoms with E-state index >= 15 is 0 Å². The van der Waals surface area contributed by atoms with Gasteiger partial charge >= 0.3 is 5.97 Å². The highest BCUT2D eigenvalue weighted by Gasteiger charge is 2.04. The van der Waals surface area contributed by atoms with E-state index in [4.69, 9.17) is 5.11 Å². The first-order chi connectivity index (χ1) is 7.18. The van der Waals surface area contributed by atoms with Gasteiger partial charge in [-0.1, -0.05) is 12.1 Å². The van der Waals surface area contributed by atoms with Crippen LogP contribution in [0, 0.1) is 6.92 Å². The van der Waals surface area contributed by atoms with Crippen molar-refractivity contribution in [1.29, 1.82) is 0 Å². The Hall–Kier alpha value is -1.77. The zero-order chi connectivity index (χ0) is 10.8. The first-order valence-corrected chi connectivity index (χ1v) is 4.95. The summed E-state index contributed by atoms with van der Waals surface area (Å²) in [6, 6.07) is 8.11. The Bertz CT molecular complexity index is 499. The van der Waals surface area contributed by atoms with Crippen molar-refractivity contribution in [2.75, 3.05) is 0 Å². The van der Waals surface area contributed by atoms with Crippen LogP contribution in [0.3, 0.4) is 0 Å². The van der Waals surface area contributed by atoms with Gasteiger partial charge in [-0.25, -0.2) is 0 Å². The zero-order valence-corrected chi connectivity index (χ0v) is 8.60. The highest BCUT2D eigenvalue weighted by atomic mass is 16.4. The van der Waals surface area contributed by atoms with Gasteiger partial charge in [-0.2, -0.15) is 0 Å². The number of benzene rings is 1. The highest BCUT2D eigenvalue weighted by Crippen LogP contribution is 2.19. The molecule has 0 bridgehead atoms. The van der Waals surface area contributed by atoms with E-state index in [0.29, 0.717) is 6.54 Å². The molecule has 0 fully saturated rings. The first-order valence-electron chi connectivity index (χ1n) is 4.95. The Morgan fingerprint density at radius 2 is 2.20 bits per heavy atom. The molecule has 0 unspecified atom stereocenters. The van der Waals surface area contributed by atoms with Gasteiger partial charge < -0.3 is 9.67 Å². The van der Waals surface area contributed by atoms with Gasteiger partial charge in [0.05, 0.1) is 6.42 Å². The van der Waals surface area contributed by atoms with Gasteiger partial charge in [0.1, 0.15) is 0 Å². The summed E-state index contributed by atoms with van der Waals surface area (Å²) in [6.07, 6.45) is 2.11. The van der Waals surface area contributed by atoms with E-state index in [9.17, 15) is 4.79 Å². The van der Waals surface area contributed by atoms with Crippen molar-refractivity contribution in [2.45, 2.75) is 19.9 Å². The van der Waals surface area contributed by atoms with E-state index in [-0.39, 0.29) is 6.42 Å². The van der Waals surface area contributed by atoms with Crippen molar-refractivity contribution in [2.24, 2.45) is 0 Å². The Morgan fingerprint density at radius 3 is 2.93 bits per heavy atom. The normalized spacial score (nSPS) is 10.7. The molecule has 0 spiro atoms. The summed E-state index contributed by atoms with van der Waals surface area (Å²) in [5.41, 5.74) is 2.33. The van der Waals surface area contributed by atoms with Crippen molar-refractivity contribution in [3.8, 4) is 0 Å².